The van der Waals surface area contributed by atoms with Crippen molar-refractivity contribution in [3.8, 4) is 0 Å². The van der Waals surface area contributed by atoms with E-state index in [1.165, 1.54) is 10.6 Å². The number of aliphatic hydroxyl groups is 1. The summed E-state index contributed by atoms with van der Waals surface area (Å²) in [7, 11) is 0. The fourth-order valence-electron chi connectivity index (χ4n) is 3.77. The van der Waals surface area contributed by atoms with Crippen LogP contribution in [0, 0.1) is 0 Å². The molecule has 2 aromatic carbocycles. The van der Waals surface area contributed by atoms with Gasteiger partial charge in [-0.3, -0.25) is 14.2 Å². The van der Waals surface area contributed by atoms with Gasteiger partial charge in [-0.05, 0) is 48.6 Å². The van der Waals surface area contributed by atoms with Crippen molar-refractivity contribution in [1.82, 2.24) is 19.7 Å². The van der Waals surface area contributed by atoms with Gasteiger partial charge in [0.2, 0.25) is 5.91 Å². The van der Waals surface area contributed by atoms with Crippen molar-refractivity contribution in [2.24, 2.45) is 0 Å². The SMILES string of the molecule is O=C(Cc1ccccc1)Nc1ccc(CCCCn2ccc(NC(=O)[C@H](O)c3ccccc3)nc2=O)nn1. The highest BCUT2D eigenvalue weighted by Crippen LogP contribution is 2.14. The lowest BCUT2D eigenvalue weighted by molar-refractivity contribution is -0.124. The number of aliphatic hydroxyl groups excluding tert-OH is 1. The van der Waals surface area contributed by atoms with Crippen molar-refractivity contribution in [2.45, 2.75) is 38.3 Å². The normalized spacial score (nSPS) is 11.5. The van der Waals surface area contributed by atoms with Crippen LogP contribution in [0.3, 0.4) is 0 Å². The number of unbranched alkanes of at least 4 members (excludes halogenated alkanes) is 1. The molecule has 10 nitrogen and oxygen atoms in total. The lowest BCUT2D eigenvalue weighted by atomic mass is 10.1. The van der Waals surface area contributed by atoms with E-state index in [2.05, 4.69) is 25.8 Å². The maximum Gasteiger partial charge on any atom is 0.349 e. The maximum atomic E-state index is 12.3. The summed E-state index contributed by atoms with van der Waals surface area (Å²) in [4.78, 5) is 40.7. The zero-order chi connectivity index (χ0) is 26.7. The summed E-state index contributed by atoms with van der Waals surface area (Å²) in [5.41, 5.74) is 1.66. The first-order valence-corrected chi connectivity index (χ1v) is 12.3. The van der Waals surface area contributed by atoms with Gasteiger partial charge < -0.3 is 15.7 Å². The predicted molar refractivity (Wildman–Crippen MR) is 142 cm³/mol. The fraction of sp³-hybridized carbons (Fsp3) is 0.214. The second kappa shape index (κ2) is 13.0. The van der Waals surface area contributed by atoms with Crippen LogP contribution in [0.1, 0.15) is 35.8 Å². The van der Waals surface area contributed by atoms with Gasteiger partial charge >= 0.3 is 5.69 Å². The summed E-state index contributed by atoms with van der Waals surface area (Å²) < 4.78 is 1.46. The minimum absolute atomic E-state index is 0.0810. The lowest BCUT2D eigenvalue weighted by Crippen LogP contribution is -2.27. The van der Waals surface area contributed by atoms with Crippen LogP contribution in [0.5, 0.6) is 0 Å². The molecule has 0 fully saturated rings. The molecular weight excluding hydrogens is 484 g/mol. The molecule has 3 N–H and O–H groups in total. The number of rotatable bonds is 11. The van der Waals surface area contributed by atoms with E-state index in [0.717, 1.165) is 17.7 Å². The Balaban J connectivity index is 1.20. The molecule has 4 rings (SSSR count). The van der Waals surface area contributed by atoms with Crippen LogP contribution >= 0.6 is 0 Å². The number of hydrogen-bond acceptors (Lipinski definition) is 7. The standard InChI is InChI=1S/C28H28N6O4/c35-25(19-20-9-3-1-4-10-20)29-24-15-14-22(32-33-24)13-7-8-17-34-18-16-23(31-28(34)38)30-27(37)26(36)21-11-5-2-6-12-21/h1-6,9-12,14-16,18,26,36H,7-8,13,17,19H2,(H,29,33,35)(H,30,31,37,38)/t26-/m1/s1. The summed E-state index contributed by atoms with van der Waals surface area (Å²) in [6, 6.07) is 23.0. The number of hydrogen-bond donors (Lipinski definition) is 3. The van der Waals surface area contributed by atoms with Gasteiger partial charge in [0.15, 0.2) is 11.9 Å². The highest BCUT2D eigenvalue weighted by molar-refractivity contribution is 5.93. The van der Waals surface area contributed by atoms with Crippen LogP contribution in [0.15, 0.2) is 89.9 Å². The Labute approximate surface area is 219 Å². The van der Waals surface area contributed by atoms with Gasteiger partial charge in [0.25, 0.3) is 5.91 Å². The van der Waals surface area contributed by atoms with E-state index in [9.17, 15) is 19.5 Å². The first-order valence-electron chi connectivity index (χ1n) is 12.3. The zero-order valence-corrected chi connectivity index (χ0v) is 20.7. The molecule has 0 spiro atoms. The molecule has 0 aliphatic carbocycles. The van der Waals surface area contributed by atoms with Gasteiger partial charge in [0, 0.05) is 12.7 Å². The average molecular weight is 513 g/mol. The fourth-order valence-corrected chi connectivity index (χ4v) is 3.77. The number of carbonyl (C=O) groups is 2. The number of nitrogens with one attached hydrogen (secondary N) is 2. The maximum absolute atomic E-state index is 12.3. The van der Waals surface area contributed by atoms with Gasteiger partial charge in [-0.2, -0.15) is 10.1 Å². The quantitative estimate of drug-likeness (QED) is 0.263. The van der Waals surface area contributed by atoms with E-state index in [1.807, 2.05) is 36.4 Å². The highest BCUT2D eigenvalue weighted by atomic mass is 16.3. The molecule has 194 valence electrons. The van der Waals surface area contributed by atoms with Crippen molar-refractivity contribution in [3.63, 3.8) is 0 Å². The van der Waals surface area contributed by atoms with Gasteiger partial charge in [0.1, 0.15) is 5.82 Å². The Bertz CT molecular complexity index is 1410. The zero-order valence-electron chi connectivity index (χ0n) is 20.7. The van der Waals surface area contributed by atoms with E-state index in [-0.39, 0.29) is 18.1 Å². The van der Waals surface area contributed by atoms with Crippen LogP contribution in [-0.2, 0) is 29.0 Å². The molecule has 2 amide bonds. The Hall–Kier alpha value is -4.70. The van der Waals surface area contributed by atoms with Crippen molar-refractivity contribution < 1.29 is 14.7 Å². The molecule has 0 unspecified atom stereocenters. The molecule has 4 aromatic rings. The molecule has 0 radical (unpaired) electrons. The van der Waals surface area contributed by atoms with Crippen LogP contribution in [-0.4, -0.2) is 36.7 Å². The van der Waals surface area contributed by atoms with Crippen molar-refractivity contribution in [2.75, 3.05) is 10.6 Å². The molecule has 0 bridgehead atoms. The third-order valence-electron chi connectivity index (χ3n) is 5.77. The Morgan fingerprint density at radius 1 is 0.842 bits per heavy atom. The molecule has 0 saturated heterocycles. The second-order valence-corrected chi connectivity index (χ2v) is 8.67. The Morgan fingerprint density at radius 2 is 1.58 bits per heavy atom. The molecule has 0 aliphatic rings. The van der Waals surface area contributed by atoms with Crippen LogP contribution in [0.25, 0.3) is 0 Å². The van der Waals surface area contributed by atoms with E-state index in [1.54, 1.807) is 42.6 Å². The third kappa shape index (κ3) is 7.65. The smallest absolute Gasteiger partial charge is 0.349 e. The number of aromatic nitrogens is 4. The van der Waals surface area contributed by atoms with E-state index < -0.39 is 17.7 Å². The number of amides is 2. The summed E-state index contributed by atoms with van der Waals surface area (Å²) >= 11 is 0. The van der Waals surface area contributed by atoms with Crippen molar-refractivity contribution >= 4 is 23.5 Å². The van der Waals surface area contributed by atoms with Crippen molar-refractivity contribution in [1.29, 1.82) is 0 Å². The molecule has 0 saturated carbocycles. The number of carbonyl (C=O) groups excluding carboxylic acids is 2. The Morgan fingerprint density at radius 3 is 2.26 bits per heavy atom. The van der Waals surface area contributed by atoms with Crippen LogP contribution in [0.2, 0.25) is 0 Å². The number of nitrogens with zero attached hydrogens (tertiary/aromatic N) is 4. The summed E-state index contributed by atoms with van der Waals surface area (Å²) in [5, 5.41) is 23.6. The molecule has 10 heteroatoms. The molecule has 38 heavy (non-hydrogen) atoms. The predicted octanol–water partition coefficient (Wildman–Crippen LogP) is 2.91. The van der Waals surface area contributed by atoms with E-state index >= 15 is 0 Å². The second-order valence-electron chi connectivity index (χ2n) is 8.67. The first kappa shape index (κ1) is 26.4. The third-order valence-corrected chi connectivity index (χ3v) is 5.77. The lowest BCUT2D eigenvalue weighted by Gasteiger charge is -2.11. The summed E-state index contributed by atoms with van der Waals surface area (Å²) in [6.45, 7) is 0.452. The molecule has 0 aliphatic heterocycles. The molecule has 2 heterocycles. The van der Waals surface area contributed by atoms with Crippen molar-refractivity contribution in [3.05, 3.63) is 112 Å². The molecule has 2 aromatic heterocycles. The number of aryl methyl sites for hydroxylation is 2. The van der Waals surface area contributed by atoms with E-state index in [4.69, 9.17) is 0 Å². The average Bonchev–Trinajstić information content (AvgIpc) is 2.93. The molecular formula is C28H28N6O4. The van der Waals surface area contributed by atoms with E-state index in [0.29, 0.717) is 30.8 Å². The number of benzene rings is 2. The minimum atomic E-state index is -1.36. The minimum Gasteiger partial charge on any atom is -0.378 e. The summed E-state index contributed by atoms with van der Waals surface area (Å²) in [6.07, 6.45) is 2.61. The Kier molecular flexibility index (Phi) is 9.03. The van der Waals surface area contributed by atoms with Gasteiger partial charge in [0.05, 0.1) is 12.1 Å². The van der Waals surface area contributed by atoms with Crippen LogP contribution in [0.4, 0.5) is 11.6 Å². The highest BCUT2D eigenvalue weighted by Gasteiger charge is 2.17. The summed E-state index contributed by atoms with van der Waals surface area (Å²) in [5.74, 6) is -0.341. The number of anilines is 2. The van der Waals surface area contributed by atoms with Gasteiger partial charge in [-0.15, -0.1) is 5.10 Å². The largest absolute Gasteiger partial charge is 0.378 e. The monoisotopic (exact) mass is 512 g/mol. The topological polar surface area (TPSA) is 139 Å². The van der Waals surface area contributed by atoms with Gasteiger partial charge in [-0.1, -0.05) is 60.7 Å². The molecule has 1 atom stereocenters. The first-order chi connectivity index (χ1) is 18.5. The van der Waals surface area contributed by atoms with Crippen LogP contribution < -0.4 is 16.3 Å². The van der Waals surface area contributed by atoms with Gasteiger partial charge in [-0.25, -0.2) is 4.79 Å².